The Morgan fingerprint density at radius 3 is 2.52 bits per heavy atom. The van der Waals surface area contributed by atoms with E-state index >= 15 is 0 Å². The lowest BCUT2D eigenvalue weighted by Gasteiger charge is -2.37. The summed E-state index contributed by atoms with van der Waals surface area (Å²) in [5.74, 6) is 0.0564. The highest BCUT2D eigenvalue weighted by Gasteiger charge is 2.36. The van der Waals surface area contributed by atoms with Crippen LogP contribution in [-0.2, 0) is 20.7 Å². The van der Waals surface area contributed by atoms with E-state index in [0.717, 1.165) is 12.8 Å². The van der Waals surface area contributed by atoms with E-state index < -0.39 is 6.04 Å². The molecular weight excluding hydrogens is 391 g/mol. The molecule has 1 aromatic carbocycles. The van der Waals surface area contributed by atoms with Crippen molar-refractivity contribution in [2.75, 3.05) is 18.8 Å². The number of amides is 2. The first-order chi connectivity index (χ1) is 14.1. The number of thioether (sulfide) groups is 1. The Morgan fingerprint density at radius 1 is 1.14 bits per heavy atom. The van der Waals surface area contributed by atoms with Crippen LogP contribution < -0.4 is 5.32 Å². The van der Waals surface area contributed by atoms with Gasteiger partial charge in [0.25, 0.3) is 0 Å². The van der Waals surface area contributed by atoms with Crippen LogP contribution in [0, 0.1) is 5.82 Å². The number of carbonyl (C=O) groups excluding carboxylic acids is 2. The maximum Gasteiger partial charge on any atom is 0.246 e. The first kappa shape index (κ1) is 20.7. The number of hydrogen-bond donors (Lipinski definition) is 1. The molecule has 0 aromatic heterocycles. The SMILES string of the molecule is O=C1N[C@@H](C(=O)N2CCC(OC3CCCC3)CC2)CS[C@@H]1Cc1ccccc1F. The molecule has 1 aliphatic carbocycles. The van der Waals surface area contributed by atoms with Crippen LogP contribution in [0.25, 0.3) is 0 Å². The van der Waals surface area contributed by atoms with Crippen molar-refractivity contribution in [1.29, 1.82) is 0 Å². The molecule has 4 rings (SSSR count). The molecule has 0 radical (unpaired) electrons. The van der Waals surface area contributed by atoms with E-state index in [2.05, 4.69) is 5.32 Å². The molecule has 0 unspecified atom stereocenters. The van der Waals surface area contributed by atoms with E-state index in [1.807, 2.05) is 4.90 Å². The topological polar surface area (TPSA) is 58.6 Å². The summed E-state index contributed by atoms with van der Waals surface area (Å²) in [5.41, 5.74) is 0.536. The fourth-order valence-corrected chi connectivity index (χ4v) is 5.64. The van der Waals surface area contributed by atoms with E-state index in [1.165, 1.54) is 43.5 Å². The summed E-state index contributed by atoms with van der Waals surface area (Å²) in [4.78, 5) is 27.2. The molecule has 2 heterocycles. The van der Waals surface area contributed by atoms with Gasteiger partial charge in [0.05, 0.1) is 17.5 Å². The summed E-state index contributed by atoms with van der Waals surface area (Å²) < 4.78 is 20.0. The lowest BCUT2D eigenvalue weighted by molar-refractivity contribution is -0.138. The molecule has 7 heteroatoms. The van der Waals surface area contributed by atoms with Gasteiger partial charge in [-0.3, -0.25) is 9.59 Å². The number of piperidine rings is 1. The van der Waals surface area contributed by atoms with Crippen LogP contribution in [0.4, 0.5) is 4.39 Å². The minimum atomic E-state index is -0.489. The Balaban J connectivity index is 1.24. The zero-order valence-corrected chi connectivity index (χ0v) is 17.5. The van der Waals surface area contributed by atoms with Crippen LogP contribution in [0.1, 0.15) is 44.1 Å². The Bertz CT molecular complexity index is 733. The van der Waals surface area contributed by atoms with Crippen LogP contribution in [0.15, 0.2) is 24.3 Å². The number of nitrogens with one attached hydrogen (secondary N) is 1. The van der Waals surface area contributed by atoms with Crippen molar-refractivity contribution in [3.63, 3.8) is 0 Å². The average molecular weight is 421 g/mol. The summed E-state index contributed by atoms with van der Waals surface area (Å²) in [6.07, 6.45) is 7.59. The Hall–Kier alpha value is -1.60. The predicted octanol–water partition coefficient (Wildman–Crippen LogP) is 2.92. The van der Waals surface area contributed by atoms with Crippen LogP contribution in [0.3, 0.4) is 0 Å². The molecule has 2 atom stereocenters. The number of hydrogen-bond acceptors (Lipinski definition) is 4. The molecule has 1 N–H and O–H groups in total. The maximum atomic E-state index is 13.9. The molecular formula is C22H29FN2O3S. The lowest BCUT2D eigenvalue weighted by Crippen LogP contribution is -2.56. The number of rotatable bonds is 5. The number of halogens is 1. The third kappa shape index (κ3) is 5.12. The third-order valence-corrected chi connectivity index (χ3v) is 7.48. The molecule has 2 aliphatic heterocycles. The smallest absolute Gasteiger partial charge is 0.246 e. The Labute approximate surface area is 175 Å². The van der Waals surface area contributed by atoms with E-state index in [4.69, 9.17) is 4.74 Å². The van der Waals surface area contributed by atoms with Crippen molar-refractivity contribution < 1.29 is 18.7 Å². The number of nitrogens with zero attached hydrogens (tertiary/aromatic N) is 1. The molecule has 1 aromatic rings. The molecule has 2 saturated heterocycles. The summed E-state index contributed by atoms with van der Waals surface area (Å²) >= 11 is 1.45. The molecule has 158 valence electrons. The zero-order valence-electron chi connectivity index (χ0n) is 16.6. The van der Waals surface area contributed by atoms with E-state index in [1.54, 1.807) is 18.2 Å². The van der Waals surface area contributed by atoms with Crippen molar-refractivity contribution in [2.45, 2.75) is 68.4 Å². The maximum absolute atomic E-state index is 13.9. The molecule has 3 fully saturated rings. The van der Waals surface area contributed by atoms with Gasteiger partial charge in [-0.1, -0.05) is 31.0 Å². The van der Waals surface area contributed by atoms with Crippen molar-refractivity contribution in [3.05, 3.63) is 35.6 Å². The second kappa shape index (κ2) is 9.47. The van der Waals surface area contributed by atoms with Gasteiger partial charge < -0.3 is 15.0 Å². The number of benzene rings is 1. The quantitative estimate of drug-likeness (QED) is 0.796. The van der Waals surface area contributed by atoms with Crippen LogP contribution in [0.5, 0.6) is 0 Å². The van der Waals surface area contributed by atoms with Gasteiger partial charge in [0.2, 0.25) is 11.8 Å². The molecule has 1 saturated carbocycles. The van der Waals surface area contributed by atoms with Gasteiger partial charge in [0, 0.05) is 18.8 Å². The first-order valence-corrected chi connectivity index (χ1v) is 11.7. The van der Waals surface area contributed by atoms with Gasteiger partial charge in [-0.25, -0.2) is 4.39 Å². The summed E-state index contributed by atoms with van der Waals surface area (Å²) in [7, 11) is 0. The van der Waals surface area contributed by atoms with Crippen molar-refractivity contribution >= 4 is 23.6 Å². The normalized spacial score (nSPS) is 26.5. The number of ether oxygens (including phenoxy) is 1. The molecule has 0 spiro atoms. The molecule has 29 heavy (non-hydrogen) atoms. The van der Waals surface area contributed by atoms with E-state index in [9.17, 15) is 14.0 Å². The fraction of sp³-hybridized carbons (Fsp3) is 0.636. The summed E-state index contributed by atoms with van der Waals surface area (Å²) in [5, 5.41) is 2.51. The molecule has 3 aliphatic rings. The zero-order chi connectivity index (χ0) is 20.2. The van der Waals surface area contributed by atoms with Gasteiger partial charge in [-0.15, -0.1) is 11.8 Å². The van der Waals surface area contributed by atoms with Gasteiger partial charge in [-0.2, -0.15) is 0 Å². The van der Waals surface area contributed by atoms with Gasteiger partial charge in [0.15, 0.2) is 0 Å². The lowest BCUT2D eigenvalue weighted by atomic mass is 10.1. The van der Waals surface area contributed by atoms with Crippen LogP contribution in [-0.4, -0.2) is 59.1 Å². The summed E-state index contributed by atoms with van der Waals surface area (Å²) in [6, 6.07) is 6.04. The van der Waals surface area contributed by atoms with Gasteiger partial charge in [0.1, 0.15) is 11.9 Å². The largest absolute Gasteiger partial charge is 0.375 e. The minimum absolute atomic E-state index is 0.00509. The second-order valence-electron chi connectivity index (χ2n) is 8.25. The highest BCUT2D eigenvalue weighted by Crippen LogP contribution is 2.27. The second-order valence-corrected chi connectivity index (χ2v) is 9.48. The van der Waals surface area contributed by atoms with Gasteiger partial charge in [-0.05, 0) is 43.7 Å². The van der Waals surface area contributed by atoms with Crippen molar-refractivity contribution in [1.82, 2.24) is 10.2 Å². The molecule has 0 bridgehead atoms. The average Bonchev–Trinajstić information content (AvgIpc) is 3.24. The van der Waals surface area contributed by atoms with Crippen LogP contribution in [0.2, 0.25) is 0 Å². The Kier molecular flexibility index (Phi) is 6.75. The number of likely N-dealkylation sites (tertiary alicyclic amines) is 1. The standard InChI is InChI=1S/C22H29FN2O3S/c23-18-8-4-1-5-15(18)13-20-21(26)24-19(14-29-20)22(27)25-11-9-17(10-12-25)28-16-6-2-3-7-16/h1,4-5,8,16-17,19-20H,2-3,6-7,9-14H2,(H,24,26)/t19-,20-/m1/s1. The third-order valence-electron chi connectivity index (χ3n) is 6.17. The van der Waals surface area contributed by atoms with Crippen molar-refractivity contribution in [2.24, 2.45) is 0 Å². The highest BCUT2D eigenvalue weighted by molar-refractivity contribution is 8.00. The van der Waals surface area contributed by atoms with E-state index in [-0.39, 0.29) is 29.0 Å². The van der Waals surface area contributed by atoms with E-state index in [0.29, 0.717) is 36.9 Å². The molecule has 2 amide bonds. The fourth-order valence-electron chi connectivity index (χ4n) is 4.47. The Morgan fingerprint density at radius 2 is 1.83 bits per heavy atom. The van der Waals surface area contributed by atoms with Gasteiger partial charge >= 0.3 is 0 Å². The number of carbonyl (C=O) groups is 2. The van der Waals surface area contributed by atoms with Crippen LogP contribution >= 0.6 is 11.8 Å². The summed E-state index contributed by atoms with van der Waals surface area (Å²) in [6.45, 7) is 1.37. The minimum Gasteiger partial charge on any atom is -0.375 e. The predicted molar refractivity (Wildman–Crippen MR) is 111 cm³/mol. The highest BCUT2D eigenvalue weighted by atomic mass is 32.2. The monoisotopic (exact) mass is 420 g/mol. The van der Waals surface area contributed by atoms with Crippen molar-refractivity contribution in [3.8, 4) is 0 Å². The molecule has 5 nitrogen and oxygen atoms in total. The first-order valence-electron chi connectivity index (χ1n) is 10.7.